The highest BCUT2D eigenvalue weighted by Gasteiger charge is 2.46. The summed E-state index contributed by atoms with van der Waals surface area (Å²) in [7, 11) is -4.12. The van der Waals surface area contributed by atoms with Crippen LogP contribution in [0.2, 0.25) is 0 Å². The summed E-state index contributed by atoms with van der Waals surface area (Å²) >= 11 is 0. The number of aliphatic imine (C=N–C) groups is 1. The highest BCUT2D eigenvalue weighted by Crippen LogP contribution is 2.39. The lowest BCUT2D eigenvalue weighted by molar-refractivity contribution is -0.129. The number of benzene rings is 1. The summed E-state index contributed by atoms with van der Waals surface area (Å²) in [5, 5.41) is 16.1. The number of hydrogen-bond donors (Lipinski definition) is 3. The van der Waals surface area contributed by atoms with E-state index in [0.717, 1.165) is 12.1 Å². The number of halogens is 1. The number of hydrogen-bond acceptors (Lipinski definition) is 8. The second-order valence-electron chi connectivity index (χ2n) is 10.7. The smallest absolute Gasteiger partial charge is 0.274 e. The summed E-state index contributed by atoms with van der Waals surface area (Å²) in [4.78, 5) is 31.2. The zero-order valence-electron chi connectivity index (χ0n) is 21.9. The zero-order valence-corrected chi connectivity index (χ0v) is 22.7. The lowest BCUT2D eigenvalue weighted by Gasteiger charge is -2.43. The average Bonchev–Trinajstić information content (AvgIpc) is 3.24. The Morgan fingerprint density at radius 1 is 1.26 bits per heavy atom. The van der Waals surface area contributed by atoms with E-state index in [1.807, 2.05) is 0 Å². The van der Waals surface area contributed by atoms with E-state index in [1.165, 1.54) is 10.4 Å². The topological polar surface area (TPSA) is 141 Å². The van der Waals surface area contributed by atoms with Crippen molar-refractivity contribution in [3.05, 3.63) is 53.3 Å². The molecule has 4 aliphatic heterocycles. The van der Waals surface area contributed by atoms with Crippen molar-refractivity contribution in [1.82, 2.24) is 19.8 Å². The second kappa shape index (κ2) is 9.72. The molecule has 39 heavy (non-hydrogen) atoms. The van der Waals surface area contributed by atoms with Crippen LogP contribution < -0.4 is 10.6 Å². The van der Waals surface area contributed by atoms with Gasteiger partial charge in [-0.15, -0.1) is 0 Å². The van der Waals surface area contributed by atoms with Gasteiger partial charge in [0.2, 0.25) is 15.9 Å². The van der Waals surface area contributed by atoms with Gasteiger partial charge < -0.3 is 25.4 Å². The number of carbonyl (C=O) groups is 2. The van der Waals surface area contributed by atoms with Crippen LogP contribution in [0.25, 0.3) is 0 Å². The van der Waals surface area contributed by atoms with Gasteiger partial charge in [0.05, 0.1) is 22.6 Å². The highest BCUT2D eigenvalue weighted by molar-refractivity contribution is 7.89. The number of aliphatic hydroxyl groups excluding tert-OH is 1. The van der Waals surface area contributed by atoms with Crippen molar-refractivity contribution in [3.8, 4) is 0 Å². The first-order valence-electron chi connectivity index (χ1n) is 12.8. The number of amides is 2. The van der Waals surface area contributed by atoms with E-state index in [9.17, 15) is 27.5 Å². The number of piperidine rings is 1. The number of carbonyl (C=O) groups excluding carboxylic acids is 2. The predicted octanol–water partition coefficient (Wildman–Crippen LogP) is 1.54. The number of nitrogens with zero attached hydrogens (tertiary/aromatic N) is 3. The van der Waals surface area contributed by atoms with Gasteiger partial charge >= 0.3 is 0 Å². The molecular formula is C26H32FN5O6S. The number of ether oxygens (including phenoxy) is 1. The number of aliphatic hydroxyl groups is 1. The van der Waals surface area contributed by atoms with Crippen molar-refractivity contribution < 1.29 is 32.2 Å². The van der Waals surface area contributed by atoms with Crippen LogP contribution >= 0.6 is 0 Å². The van der Waals surface area contributed by atoms with Gasteiger partial charge in [-0.3, -0.25) is 9.59 Å². The molecule has 0 unspecified atom stereocenters. The monoisotopic (exact) mass is 561 g/mol. The number of fused-ring (bicyclic) bond motifs is 1. The Balaban J connectivity index is 1.35. The number of morpholine rings is 1. The standard InChI is InChI=1S/C26H32FN5O6S/c1-16-21(33)20(30-23-25(2,3)38-13-12-32(16)23)22(34)29-15-17-4-5-18(27)14-19(17)39(36,37)31-10-7-26(8-11-31)6-9-28-24(26)35/h4-5,14,33H,1,6-13,15H2,2-3H3,(H,28,35)(H,29,34). The maximum absolute atomic E-state index is 14.2. The lowest BCUT2D eigenvalue weighted by Crippen LogP contribution is -2.54. The third-order valence-electron chi connectivity index (χ3n) is 7.96. The summed E-state index contributed by atoms with van der Waals surface area (Å²) < 4.78 is 48.4. The molecule has 11 nitrogen and oxygen atoms in total. The van der Waals surface area contributed by atoms with E-state index in [2.05, 4.69) is 22.2 Å². The lowest BCUT2D eigenvalue weighted by atomic mass is 9.78. The molecule has 0 saturated carbocycles. The number of amidine groups is 1. The minimum Gasteiger partial charge on any atom is -0.504 e. The predicted molar refractivity (Wildman–Crippen MR) is 139 cm³/mol. The summed E-state index contributed by atoms with van der Waals surface area (Å²) in [6.45, 7) is 8.86. The van der Waals surface area contributed by atoms with Crippen molar-refractivity contribution in [1.29, 1.82) is 0 Å². The zero-order chi connectivity index (χ0) is 28.2. The molecule has 210 valence electrons. The minimum atomic E-state index is -4.12. The van der Waals surface area contributed by atoms with Gasteiger partial charge in [0, 0.05) is 32.7 Å². The third-order valence-corrected chi connectivity index (χ3v) is 9.95. The summed E-state index contributed by atoms with van der Waals surface area (Å²) in [6, 6.07) is 3.36. The Bertz CT molecular complexity index is 1410. The van der Waals surface area contributed by atoms with Crippen LogP contribution in [0.15, 0.2) is 51.8 Å². The molecule has 1 aromatic rings. The van der Waals surface area contributed by atoms with E-state index in [1.54, 1.807) is 18.7 Å². The molecule has 1 aromatic carbocycles. The van der Waals surface area contributed by atoms with Crippen molar-refractivity contribution >= 4 is 27.7 Å². The summed E-state index contributed by atoms with van der Waals surface area (Å²) in [5.41, 5.74) is -1.26. The van der Waals surface area contributed by atoms with Gasteiger partial charge in [-0.2, -0.15) is 4.31 Å². The van der Waals surface area contributed by atoms with Gasteiger partial charge in [0.25, 0.3) is 5.91 Å². The van der Waals surface area contributed by atoms with Crippen LogP contribution in [0.1, 0.15) is 38.7 Å². The first-order valence-corrected chi connectivity index (χ1v) is 14.3. The molecule has 3 saturated heterocycles. The highest BCUT2D eigenvalue weighted by atomic mass is 32.2. The molecule has 3 fully saturated rings. The Hall–Kier alpha value is -3.29. The fourth-order valence-corrected chi connectivity index (χ4v) is 7.26. The largest absolute Gasteiger partial charge is 0.504 e. The van der Waals surface area contributed by atoms with Gasteiger partial charge in [-0.05, 0) is 50.8 Å². The number of sulfonamides is 1. The van der Waals surface area contributed by atoms with Crippen LogP contribution in [0, 0.1) is 11.2 Å². The van der Waals surface area contributed by atoms with Gasteiger partial charge in [-0.1, -0.05) is 12.6 Å². The van der Waals surface area contributed by atoms with Gasteiger partial charge in [0.1, 0.15) is 17.3 Å². The van der Waals surface area contributed by atoms with Crippen molar-refractivity contribution in [3.63, 3.8) is 0 Å². The summed E-state index contributed by atoms with van der Waals surface area (Å²) in [5.74, 6) is -1.50. The first-order chi connectivity index (χ1) is 18.4. The fraction of sp³-hybridized carbons (Fsp3) is 0.500. The van der Waals surface area contributed by atoms with Crippen LogP contribution in [0.4, 0.5) is 4.39 Å². The molecule has 13 heteroatoms. The molecule has 1 spiro atoms. The molecule has 4 aliphatic rings. The van der Waals surface area contributed by atoms with Gasteiger partial charge in [0.15, 0.2) is 11.5 Å². The van der Waals surface area contributed by atoms with Crippen LogP contribution in [0.3, 0.4) is 0 Å². The molecule has 0 aliphatic carbocycles. The maximum Gasteiger partial charge on any atom is 0.274 e. The number of nitrogens with one attached hydrogen (secondary N) is 2. The molecule has 2 amide bonds. The summed E-state index contributed by atoms with van der Waals surface area (Å²) in [6.07, 6.45) is 1.43. The minimum absolute atomic E-state index is 0.0495. The fourth-order valence-electron chi connectivity index (χ4n) is 5.59. The van der Waals surface area contributed by atoms with Crippen molar-refractivity contribution in [2.24, 2.45) is 10.4 Å². The molecule has 4 heterocycles. The Labute approximate surface area is 226 Å². The molecule has 3 N–H and O–H groups in total. The average molecular weight is 562 g/mol. The SMILES string of the molecule is C=C1C(O)=C(C(=O)NCc2ccc(F)cc2S(=O)(=O)N2CCC3(CCNC3=O)CC2)N=C2N1CCOC2(C)C. The van der Waals surface area contributed by atoms with Crippen molar-refractivity contribution in [2.45, 2.75) is 50.2 Å². The normalized spacial score (nSPS) is 22.9. The number of rotatable bonds is 5. The third kappa shape index (κ3) is 4.72. The molecule has 0 bridgehead atoms. The molecule has 0 radical (unpaired) electrons. The van der Waals surface area contributed by atoms with Crippen molar-refractivity contribution in [2.75, 3.05) is 32.8 Å². The van der Waals surface area contributed by atoms with E-state index in [4.69, 9.17) is 4.74 Å². The molecule has 0 atom stereocenters. The van der Waals surface area contributed by atoms with Crippen LogP contribution in [-0.2, 0) is 30.9 Å². The Morgan fingerprint density at radius 3 is 2.64 bits per heavy atom. The van der Waals surface area contributed by atoms with Gasteiger partial charge in [-0.25, -0.2) is 17.8 Å². The van der Waals surface area contributed by atoms with E-state index in [-0.39, 0.29) is 53.2 Å². The molecule has 0 aromatic heterocycles. The Kier molecular flexibility index (Phi) is 6.80. The molecular weight excluding hydrogens is 529 g/mol. The Morgan fingerprint density at radius 2 is 1.97 bits per heavy atom. The van der Waals surface area contributed by atoms with E-state index < -0.39 is 32.8 Å². The maximum atomic E-state index is 14.2. The van der Waals surface area contributed by atoms with E-state index >= 15 is 0 Å². The second-order valence-corrected chi connectivity index (χ2v) is 12.6. The molecule has 5 rings (SSSR count). The quantitative estimate of drug-likeness (QED) is 0.495. The first kappa shape index (κ1) is 27.3. The van der Waals surface area contributed by atoms with E-state index in [0.29, 0.717) is 44.8 Å². The van der Waals surface area contributed by atoms with Crippen LogP contribution in [-0.4, -0.2) is 78.8 Å². The van der Waals surface area contributed by atoms with Crippen LogP contribution in [0.5, 0.6) is 0 Å².